The highest BCUT2D eigenvalue weighted by atomic mass is 28.2. The molecular weight excluding hydrogens is 256 g/mol. The van der Waals surface area contributed by atoms with Crippen molar-refractivity contribution in [1.82, 2.24) is 0 Å². The van der Waals surface area contributed by atoms with Crippen LogP contribution in [0.1, 0.15) is 67.2 Å². The third-order valence-electron chi connectivity index (χ3n) is 3.73. The van der Waals surface area contributed by atoms with Crippen LogP contribution < -0.4 is 0 Å². The van der Waals surface area contributed by atoms with Gasteiger partial charge in [0.05, 0.1) is 0 Å². The molecule has 0 spiro atoms. The van der Waals surface area contributed by atoms with Crippen LogP contribution in [-0.2, 0) is 8.85 Å². The molecule has 18 heavy (non-hydrogen) atoms. The largest absolute Gasteiger partial charge is 0.419 e. The highest BCUT2D eigenvalue weighted by Crippen LogP contribution is 2.15. The molecule has 0 aromatic heterocycles. The topological polar surface area (TPSA) is 18.5 Å². The maximum Gasteiger partial charge on any atom is 0.162 e. The van der Waals surface area contributed by atoms with Gasteiger partial charge in [0, 0.05) is 11.2 Å². The smallest absolute Gasteiger partial charge is 0.162 e. The van der Waals surface area contributed by atoms with E-state index in [0.717, 1.165) is 12.8 Å². The van der Waals surface area contributed by atoms with Gasteiger partial charge in [-0.3, -0.25) is 0 Å². The van der Waals surface area contributed by atoms with Gasteiger partial charge in [-0.05, 0) is 52.6 Å². The van der Waals surface area contributed by atoms with Crippen molar-refractivity contribution in [2.75, 3.05) is 0 Å². The summed E-state index contributed by atoms with van der Waals surface area (Å²) in [5.74, 6) is 0. The Morgan fingerprint density at radius 1 is 0.722 bits per heavy atom. The molecule has 0 aliphatic carbocycles. The van der Waals surface area contributed by atoms with Crippen LogP contribution in [-0.4, -0.2) is 30.7 Å². The molecule has 2 nitrogen and oxygen atoms in total. The van der Waals surface area contributed by atoms with E-state index < -0.39 is 0 Å². The molecule has 0 bridgehead atoms. The van der Waals surface area contributed by atoms with E-state index >= 15 is 0 Å². The van der Waals surface area contributed by atoms with Gasteiger partial charge >= 0.3 is 0 Å². The second-order valence-corrected chi connectivity index (χ2v) is 9.15. The standard InChI is InChI=1S/C14H34O2Si2/c1-7-13(3,4)15-17-11-9-10-12-18-16-14(5,6)8-2/h7-12,17-18H2,1-6H3. The predicted molar refractivity (Wildman–Crippen MR) is 86.8 cm³/mol. The average molecular weight is 291 g/mol. The van der Waals surface area contributed by atoms with Gasteiger partial charge in [-0.25, -0.2) is 0 Å². The number of rotatable bonds is 11. The van der Waals surface area contributed by atoms with Gasteiger partial charge in [0.15, 0.2) is 19.5 Å². The Kier molecular flexibility index (Phi) is 9.47. The Labute approximate surface area is 119 Å². The van der Waals surface area contributed by atoms with Crippen molar-refractivity contribution < 1.29 is 8.85 Å². The van der Waals surface area contributed by atoms with Crippen molar-refractivity contribution in [3.8, 4) is 0 Å². The molecule has 0 atom stereocenters. The third-order valence-corrected chi connectivity index (χ3v) is 7.28. The summed E-state index contributed by atoms with van der Waals surface area (Å²) in [5, 5.41) is 0. The molecule has 0 aromatic rings. The van der Waals surface area contributed by atoms with Gasteiger partial charge in [-0.2, -0.15) is 0 Å². The zero-order chi connectivity index (χ0) is 14.1. The fraction of sp³-hybridized carbons (Fsp3) is 1.00. The van der Waals surface area contributed by atoms with Crippen molar-refractivity contribution in [2.45, 2.75) is 90.5 Å². The maximum atomic E-state index is 5.98. The van der Waals surface area contributed by atoms with E-state index in [4.69, 9.17) is 8.85 Å². The molecule has 0 N–H and O–H groups in total. The lowest BCUT2D eigenvalue weighted by molar-refractivity contribution is 0.110. The normalized spacial score (nSPS) is 14.3. The van der Waals surface area contributed by atoms with Crippen LogP contribution in [0.15, 0.2) is 0 Å². The van der Waals surface area contributed by atoms with Gasteiger partial charge in [0.25, 0.3) is 0 Å². The Bertz CT molecular complexity index is 184. The Morgan fingerprint density at radius 2 is 1.06 bits per heavy atom. The zero-order valence-corrected chi connectivity index (χ0v) is 16.3. The summed E-state index contributed by atoms with van der Waals surface area (Å²) >= 11 is 0. The van der Waals surface area contributed by atoms with Gasteiger partial charge in [0.2, 0.25) is 0 Å². The first kappa shape index (κ1) is 18.4. The number of unbranched alkanes of at least 4 members (excludes halogenated alkanes) is 1. The summed E-state index contributed by atoms with van der Waals surface area (Å²) in [6.45, 7) is 13.2. The van der Waals surface area contributed by atoms with Crippen molar-refractivity contribution in [3.63, 3.8) is 0 Å². The highest BCUT2D eigenvalue weighted by Gasteiger charge is 2.15. The Morgan fingerprint density at radius 3 is 1.33 bits per heavy atom. The van der Waals surface area contributed by atoms with Crippen LogP contribution in [0.3, 0.4) is 0 Å². The predicted octanol–water partition coefficient (Wildman–Crippen LogP) is 3.18. The summed E-state index contributed by atoms with van der Waals surface area (Å²) in [6, 6.07) is 2.66. The van der Waals surface area contributed by atoms with Gasteiger partial charge in [-0.1, -0.05) is 26.7 Å². The van der Waals surface area contributed by atoms with E-state index in [1.54, 1.807) is 0 Å². The van der Waals surface area contributed by atoms with Crippen LogP contribution in [0.25, 0.3) is 0 Å². The first-order valence-electron chi connectivity index (χ1n) is 7.61. The molecule has 0 saturated heterocycles. The van der Waals surface area contributed by atoms with Gasteiger partial charge in [-0.15, -0.1) is 0 Å². The summed E-state index contributed by atoms with van der Waals surface area (Å²) in [7, 11) is -0.591. The molecule has 0 amide bonds. The number of hydrogen-bond acceptors (Lipinski definition) is 2. The van der Waals surface area contributed by atoms with Crippen molar-refractivity contribution in [3.05, 3.63) is 0 Å². The lowest BCUT2D eigenvalue weighted by atomic mass is 10.1. The van der Waals surface area contributed by atoms with Crippen LogP contribution in [0, 0.1) is 0 Å². The Balaban J connectivity index is 3.32. The van der Waals surface area contributed by atoms with Gasteiger partial charge in [0.1, 0.15) is 0 Å². The van der Waals surface area contributed by atoms with E-state index in [9.17, 15) is 0 Å². The van der Waals surface area contributed by atoms with E-state index in [2.05, 4.69) is 41.5 Å². The summed E-state index contributed by atoms with van der Waals surface area (Å²) in [5.41, 5.74) is 0.241. The van der Waals surface area contributed by atoms with Crippen molar-refractivity contribution in [2.24, 2.45) is 0 Å². The van der Waals surface area contributed by atoms with Crippen LogP contribution in [0.4, 0.5) is 0 Å². The van der Waals surface area contributed by atoms with Gasteiger partial charge < -0.3 is 8.85 Å². The maximum absolute atomic E-state index is 5.98. The Hall–Kier alpha value is 0.354. The quantitative estimate of drug-likeness (QED) is 0.430. The molecule has 0 rings (SSSR count). The molecule has 0 radical (unpaired) electrons. The fourth-order valence-corrected chi connectivity index (χ4v) is 4.38. The van der Waals surface area contributed by atoms with E-state index in [1.807, 2.05) is 0 Å². The second kappa shape index (κ2) is 9.29. The first-order chi connectivity index (χ1) is 8.33. The average Bonchev–Trinajstić information content (AvgIpc) is 2.32. The summed E-state index contributed by atoms with van der Waals surface area (Å²) in [6.07, 6.45) is 4.92. The number of hydrogen-bond donors (Lipinski definition) is 0. The molecule has 110 valence electrons. The van der Waals surface area contributed by atoms with E-state index in [-0.39, 0.29) is 30.7 Å². The zero-order valence-electron chi connectivity index (χ0n) is 13.5. The lowest BCUT2D eigenvalue weighted by Gasteiger charge is -2.24. The van der Waals surface area contributed by atoms with Crippen LogP contribution in [0.2, 0.25) is 12.1 Å². The van der Waals surface area contributed by atoms with E-state index in [0.29, 0.717) is 0 Å². The van der Waals surface area contributed by atoms with Crippen molar-refractivity contribution in [1.29, 1.82) is 0 Å². The monoisotopic (exact) mass is 290 g/mol. The third kappa shape index (κ3) is 10.3. The molecule has 0 aromatic carbocycles. The minimum Gasteiger partial charge on any atom is -0.419 e. The molecule has 0 fully saturated rings. The fourth-order valence-electron chi connectivity index (χ4n) is 1.46. The molecular formula is C14H34O2Si2. The van der Waals surface area contributed by atoms with Crippen molar-refractivity contribution >= 4 is 19.5 Å². The second-order valence-electron chi connectivity index (χ2n) is 6.34. The molecule has 0 heterocycles. The molecule has 4 heteroatoms. The summed E-state index contributed by atoms with van der Waals surface area (Å²) < 4.78 is 12.0. The molecule has 0 saturated carbocycles. The molecule has 0 unspecified atom stereocenters. The molecule has 0 aliphatic rings. The first-order valence-corrected chi connectivity index (χ1v) is 10.8. The molecule has 0 aliphatic heterocycles. The highest BCUT2D eigenvalue weighted by molar-refractivity contribution is 6.28. The van der Waals surface area contributed by atoms with E-state index in [1.165, 1.54) is 24.9 Å². The summed E-state index contributed by atoms with van der Waals surface area (Å²) in [4.78, 5) is 0. The van der Waals surface area contributed by atoms with Crippen LogP contribution >= 0.6 is 0 Å². The minimum atomic E-state index is -0.295. The minimum absolute atomic E-state index is 0.120. The SMILES string of the molecule is CCC(C)(C)O[SiH2]CCCC[SiH2]OC(C)(C)CC. The van der Waals surface area contributed by atoms with Crippen LogP contribution in [0.5, 0.6) is 0 Å². The lowest BCUT2D eigenvalue weighted by Crippen LogP contribution is -2.25.